The molecule has 1 fully saturated rings. The maximum atomic E-state index is 13.4. The van der Waals surface area contributed by atoms with Gasteiger partial charge < -0.3 is 9.47 Å². The first-order chi connectivity index (χ1) is 16.5. The highest BCUT2D eigenvalue weighted by Crippen LogP contribution is 2.32. The number of amides is 1. The Bertz CT molecular complexity index is 1090. The number of carbonyl (C=O) groups is 1. The van der Waals surface area contributed by atoms with Crippen molar-refractivity contribution in [3.8, 4) is 5.75 Å². The molecule has 0 radical (unpaired) electrons. The Balaban J connectivity index is 1.43. The molecule has 0 saturated carbocycles. The van der Waals surface area contributed by atoms with Crippen LogP contribution in [-0.2, 0) is 9.53 Å². The van der Waals surface area contributed by atoms with Gasteiger partial charge in [0.25, 0.3) is 0 Å². The topological polar surface area (TPSA) is 54.9 Å². The molecule has 0 bridgehead atoms. The highest BCUT2D eigenvalue weighted by Gasteiger charge is 2.21. The minimum atomic E-state index is 0.136. The zero-order chi connectivity index (χ0) is 23.9. The van der Waals surface area contributed by atoms with Gasteiger partial charge in [-0.2, -0.15) is 0 Å². The van der Waals surface area contributed by atoms with Crippen molar-refractivity contribution in [3.05, 3.63) is 47.5 Å². The van der Waals surface area contributed by atoms with Crippen LogP contribution in [0.15, 0.2) is 41.3 Å². The molecule has 0 aliphatic carbocycles. The highest BCUT2D eigenvalue weighted by molar-refractivity contribution is 7.99. The Morgan fingerprint density at radius 3 is 2.71 bits per heavy atom. The summed E-state index contributed by atoms with van der Waals surface area (Å²) in [5.41, 5.74) is 3.39. The molecule has 1 aliphatic heterocycles. The number of anilines is 1. The van der Waals surface area contributed by atoms with Gasteiger partial charge in [-0.1, -0.05) is 17.4 Å². The van der Waals surface area contributed by atoms with Gasteiger partial charge in [-0.25, -0.2) is 4.98 Å². The van der Waals surface area contributed by atoms with Crippen molar-refractivity contribution in [1.29, 1.82) is 0 Å². The van der Waals surface area contributed by atoms with Crippen LogP contribution in [-0.4, -0.2) is 68.0 Å². The van der Waals surface area contributed by atoms with E-state index in [2.05, 4.69) is 30.9 Å². The van der Waals surface area contributed by atoms with Crippen LogP contribution in [0.1, 0.15) is 24.0 Å². The van der Waals surface area contributed by atoms with Gasteiger partial charge in [0, 0.05) is 43.2 Å². The number of morpholine rings is 1. The standard InChI is InChI=1S/C26H33N3O3S2/c1-19-17-20(2)25-23(18-19)34-26(27-25)29(11-4-10-28-12-14-32-15-13-28)24(30)9-16-33-22-7-5-21(31-3)6-8-22/h5-8,17-18H,4,9-16H2,1-3H3. The molecule has 2 heterocycles. The molecule has 0 atom stereocenters. The monoisotopic (exact) mass is 499 g/mol. The first-order valence-electron chi connectivity index (χ1n) is 11.8. The molecule has 0 spiro atoms. The second-order valence-corrected chi connectivity index (χ2v) is 10.7. The SMILES string of the molecule is COc1ccc(SCCC(=O)N(CCCN2CCOCC2)c2nc3c(C)cc(C)cc3s2)cc1. The van der Waals surface area contributed by atoms with Crippen molar-refractivity contribution in [2.24, 2.45) is 0 Å². The average molecular weight is 500 g/mol. The van der Waals surface area contributed by atoms with E-state index in [1.165, 1.54) is 5.56 Å². The van der Waals surface area contributed by atoms with Crippen molar-refractivity contribution in [3.63, 3.8) is 0 Å². The number of thioether (sulfide) groups is 1. The Morgan fingerprint density at radius 2 is 1.97 bits per heavy atom. The van der Waals surface area contributed by atoms with Gasteiger partial charge in [-0.3, -0.25) is 14.6 Å². The molecule has 2 aromatic carbocycles. The lowest BCUT2D eigenvalue weighted by Gasteiger charge is -2.27. The summed E-state index contributed by atoms with van der Waals surface area (Å²) in [5.74, 6) is 1.71. The number of hydrogen-bond donors (Lipinski definition) is 0. The van der Waals surface area contributed by atoms with Crippen LogP contribution in [0.3, 0.4) is 0 Å². The minimum Gasteiger partial charge on any atom is -0.497 e. The molecular formula is C26H33N3O3S2. The Hall–Kier alpha value is -2.13. The molecule has 8 heteroatoms. The van der Waals surface area contributed by atoms with Gasteiger partial charge in [-0.05, 0) is 61.7 Å². The van der Waals surface area contributed by atoms with Gasteiger partial charge in [0.2, 0.25) is 5.91 Å². The van der Waals surface area contributed by atoms with E-state index in [0.717, 1.165) is 76.6 Å². The van der Waals surface area contributed by atoms with Crippen LogP contribution >= 0.6 is 23.1 Å². The number of benzene rings is 2. The number of aromatic nitrogens is 1. The molecule has 1 saturated heterocycles. The van der Waals surface area contributed by atoms with Gasteiger partial charge in [0.15, 0.2) is 5.13 Å². The zero-order valence-electron chi connectivity index (χ0n) is 20.2. The zero-order valence-corrected chi connectivity index (χ0v) is 21.8. The number of ether oxygens (including phenoxy) is 2. The van der Waals surface area contributed by atoms with Gasteiger partial charge in [-0.15, -0.1) is 11.8 Å². The molecule has 3 aromatic rings. The smallest absolute Gasteiger partial charge is 0.229 e. The summed E-state index contributed by atoms with van der Waals surface area (Å²) in [7, 11) is 1.67. The van der Waals surface area contributed by atoms with Crippen molar-refractivity contribution in [1.82, 2.24) is 9.88 Å². The normalized spacial score (nSPS) is 14.4. The van der Waals surface area contributed by atoms with Crippen LogP contribution in [0, 0.1) is 13.8 Å². The van der Waals surface area contributed by atoms with Crippen molar-refractivity contribution >= 4 is 44.4 Å². The lowest BCUT2D eigenvalue weighted by Crippen LogP contribution is -2.39. The van der Waals surface area contributed by atoms with Crippen LogP contribution in [0.25, 0.3) is 10.2 Å². The third-order valence-corrected chi connectivity index (χ3v) is 7.99. The minimum absolute atomic E-state index is 0.136. The number of aryl methyl sites for hydroxylation is 2. The summed E-state index contributed by atoms with van der Waals surface area (Å²) in [6.45, 7) is 9.36. The molecule has 1 aromatic heterocycles. The van der Waals surface area contributed by atoms with Crippen LogP contribution in [0.2, 0.25) is 0 Å². The predicted molar refractivity (Wildman–Crippen MR) is 142 cm³/mol. The van der Waals surface area contributed by atoms with E-state index in [4.69, 9.17) is 14.5 Å². The fourth-order valence-corrected chi connectivity index (χ4v) is 6.17. The van der Waals surface area contributed by atoms with Crippen LogP contribution < -0.4 is 9.64 Å². The number of rotatable bonds is 10. The molecular weight excluding hydrogens is 466 g/mol. The van der Waals surface area contributed by atoms with Gasteiger partial charge in [0.1, 0.15) is 5.75 Å². The number of thiazole rings is 1. The van der Waals surface area contributed by atoms with E-state index < -0.39 is 0 Å². The number of fused-ring (bicyclic) bond motifs is 1. The molecule has 0 unspecified atom stereocenters. The summed E-state index contributed by atoms with van der Waals surface area (Å²) in [4.78, 5) is 23.7. The molecule has 182 valence electrons. The number of hydrogen-bond acceptors (Lipinski definition) is 7. The largest absolute Gasteiger partial charge is 0.497 e. The van der Waals surface area contributed by atoms with E-state index in [0.29, 0.717) is 13.0 Å². The van der Waals surface area contributed by atoms with Crippen LogP contribution in [0.4, 0.5) is 5.13 Å². The fraction of sp³-hybridized carbons (Fsp3) is 0.462. The van der Waals surface area contributed by atoms with Gasteiger partial charge in [0.05, 0.1) is 30.5 Å². The third kappa shape index (κ3) is 6.50. The molecule has 1 aliphatic rings. The van der Waals surface area contributed by atoms with Crippen molar-refractivity contribution < 1.29 is 14.3 Å². The second kappa shape index (κ2) is 12.0. The third-order valence-electron chi connectivity index (χ3n) is 5.95. The highest BCUT2D eigenvalue weighted by atomic mass is 32.2. The maximum Gasteiger partial charge on any atom is 0.229 e. The number of nitrogens with zero attached hydrogens (tertiary/aromatic N) is 3. The van der Waals surface area contributed by atoms with E-state index in [9.17, 15) is 4.79 Å². The molecule has 6 nitrogen and oxygen atoms in total. The summed E-state index contributed by atoms with van der Waals surface area (Å²) >= 11 is 3.32. The van der Waals surface area contributed by atoms with E-state index in [-0.39, 0.29) is 5.91 Å². The summed E-state index contributed by atoms with van der Waals surface area (Å²) in [6.07, 6.45) is 1.40. The average Bonchev–Trinajstić information content (AvgIpc) is 3.27. The predicted octanol–water partition coefficient (Wildman–Crippen LogP) is 5.16. The second-order valence-electron chi connectivity index (χ2n) is 8.55. The van der Waals surface area contributed by atoms with Crippen LogP contribution in [0.5, 0.6) is 5.75 Å². The van der Waals surface area contributed by atoms with E-state index in [1.807, 2.05) is 29.2 Å². The lowest BCUT2D eigenvalue weighted by molar-refractivity contribution is -0.118. The number of carbonyl (C=O) groups excluding carboxylic acids is 1. The maximum absolute atomic E-state index is 13.4. The lowest BCUT2D eigenvalue weighted by atomic mass is 10.1. The first kappa shape index (κ1) is 25.0. The molecule has 4 rings (SSSR count). The van der Waals surface area contributed by atoms with Crippen molar-refractivity contribution in [2.45, 2.75) is 31.6 Å². The first-order valence-corrected chi connectivity index (χ1v) is 13.6. The van der Waals surface area contributed by atoms with E-state index in [1.54, 1.807) is 30.2 Å². The Morgan fingerprint density at radius 1 is 1.21 bits per heavy atom. The summed E-state index contributed by atoms with van der Waals surface area (Å²) in [6, 6.07) is 12.3. The van der Waals surface area contributed by atoms with Gasteiger partial charge >= 0.3 is 0 Å². The summed E-state index contributed by atoms with van der Waals surface area (Å²) in [5, 5.41) is 0.810. The van der Waals surface area contributed by atoms with Crippen molar-refractivity contribution in [2.75, 3.05) is 57.2 Å². The Labute approximate surface area is 210 Å². The molecule has 34 heavy (non-hydrogen) atoms. The van der Waals surface area contributed by atoms with E-state index >= 15 is 0 Å². The number of methoxy groups -OCH3 is 1. The molecule has 1 amide bonds. The molecule has 0 N–H and O–H groups in total. The summed E-state index contributed by atoms with van der Waals surface area (Å²) < 4.78 is 11.8. The quantitative estimate of drug-likeness (QED) is 0.359. The fourth-order valence-electron chi connectivity index (χ4n) is 4.14. The Kier molecular flexibility index (Phi) is 8.83.